The molecule has 0 saturated heterocycles. The average Bonchev–Trinajstić information content (AvgIpc) is 3.68. The number of benzene rings is 4. The van der Waals surface area contributed by atoms with Gasteiger partial charge >= 0.3 is 320 Å². The van der Waals surface area contributed by atoms with Gasteiger partial charge in [0.2, 0.25) is 0 Å². The van der Waals surface area contributed by atoms with Gasteiger partial charge in [-0.05, 0) is 0 Å². The fourth-order valence-electron chi connectivity index (χ4n) is 9.05. The van der Waals surface area contributed by atoms with Crippen LogP contribution in [0.3, 0.4) is 0 Å². The third kappa shape index (κ3) is 6.55. The molecule has 0 N–H and O–H groups in total. The molecule has 3 heteroatoms. The first-order valence-electron chi connectivity index (χ1n) is 19.2. The summed E-state index contributed by atoms with van der Waals surface area (Å²) in [6.45, 7) is 29.9. The number of fused-ring (bicyclic) bond motifs is 2. The topological polar surface area (TPSA) is 0 Å². The van der Waals surface area contributed by atoms with E-state index in [0.717, 1.165) is 4.13 Å². The molecule has 0 heterocycles. The van der Waals surface area contributed by atoms with Gasteiger partial charge in [0.05, 0.1) is 0 Å². The summed E-state index contributed by atoms with van der Waals surface area (Å²) in [7, 11) is 17.4. The molecule has 0 bridgehead atoms. The van der Waals surface area contributed by atoms with E-state index >= 15 is 0 Å². The van der Waals surface area contributed by atoms with E-state index in [1.165, 1.54) is 77.9 Å². The zero-order valence-corrected chi connectivity index (χ0v) is 37.3. The van der Waals surface area contributed by atoms with Crippen LogP contribution < -0.4 is 0 Å². The van der Waals surface area contributed by atoms with Crippen molar-refractivity contribution in [3.8, 4) is 22.3 Å². The van der Waals surface area contributed by atoms with Gasteiger partial charge in [-0.2, -0.15) is 0 Å². The quantitative estimate of drug-likeness (QED) is 0.175. The van der Waals surface area contributed by atoms with Gasteiger partial charge < -0.3 is 0 Å². The van der Waals surface area contributed by atoms with Crippen LogP contribution in [-0.2, 0) is 27.2 Å². The van der Waals surface area contributed by atoms with Crippen LogP contribution in [0.2, 0.25) is 4.13 Å². The fraction of sp³-hybridized carbons (Fsp3) is 0.417. The van der Waals surface area contributed by atoms with E-state index in [0.29, 0.717) is 11.8 Å². The van der Waals surface area contributed by atoms with Crippen LogP contribution in [0.4, 0.5) is 0 Å². The second-order valence-electron chi connectivity index (χ2n) is 18.3. The van der Waals surface area contributed by atoms with Crippen molar-refractivity contribution in [2.24, 2.45) is 11.8 Å². The summed E-state index contributed by atoms with van der Waals surface area (Å²) in [5.41, 5.74) is 18.8. The van der Waals surface area contributed by atoms with Gasteiger partial charge in [0.1, 0.15) is 0 Å². The van der Waals surface area contributed by atoms with E-state index in [1.807, 2.05) is 0 Å². The molecule has 2 aliphatic carbocycles. The van der Waals surface area contributed by atoms with Crippen molar-refractivity contribution in [1.82, 2.24) is 0 Å². The van der Waals surface area contributed by atoms with Crippen molar-refractivity contribution in [3.05, 3.63) is 128 Å². The zero-order chi connectivity index (χ0) is 37.4. The van der Waals surface area contributed by atoms with Crippen LogP contribution in [0.25, 0.3) is 34.4 Å². The molecule has 0 radical (unpaired) electrons. The van der Waals surface area contributed by atoms with Gasteiger partial charge in [0.15, 0.2) is 0 Å². The summed E-state index contributed by atoms with van der Waals surface area (Å²) in [6.07, 6.45) is 4.99. The molecule has 0 spiro atoms. The number of hydrogen-bond donors (Lipinski definition) is 0. The van der Waals surface area contributed by atoms with Gasteiger partial charge in [-0.3, -0.25) is 0 Å². The predicted molar refractivity (Wildman–Crippen MR) is 224 cm³/mol. The van der Waals surface area contributed by atoms with Crippen LogP contribution in [0.1, 0.15) is 128 Å². The molecular weight excluding hydrogens is 739 g/mol. The Kier molecular flexibility index (Phi) is 10.0. The first-order valence-corrected chi connectivity index (χ1v) is 30.1. The van der Waals surface area contributed by atoms with Crippen molar-refractivity contribution in [1.29, 1.82) is 0 Å². The molecule has 4 aromatic carbocycles. The Bertz CT molecular complexity index is 1900. The molecule has 0 saturated carbocycles. The van der Waals surface area contributed by atoms with Gasteiger partial charge in [-0.1, -0.05) is 0 Å². The average molecular weight is 798 g/mol. The van der Waals surface area contributed by atoms with E-state index in [2.05, 4.69) is 175 Å². The molecule has 6 rings (SSSR count). The number of rotatable bonds is 7. The van der Waals surface area contributed by atoms with Crippen molar-refractivity contribution >= 4 is 29.2 Å². The minimum absolute atomic E-state index is 0.0239. The molecule has 4 aromatic rings. The molecule has 0 nitrogen and oxygen atoms in total. The minimum atomic E-state index is -4.99. The number of allylic oxidation sites excluding steroid dienone is 2. The number of aryl methyl sites for hydroxylation is 2. The Hall–Kier alpha value is -2.18. The Balaban J connectivity index is 1.58. The van der Waals surface area contributed by atoms with Gasteiger partial charge in [0, 0.05) is 0 Å². The van der Waals surface area contributed by atoms with Crippen molar-refractivity contribution < 1.29 is 16.4 Å². The van der Waals surface area contributed by atoms with Gasteiger partial charge in [-0.15, -0.1) is 0 Å². The van der Waals surface area contributed by atoms with Crippen molar-refractivity contribution in [3.63, 3.8) is 0 Å². The normalized spacial score (nSPS) is 18.4. The molecule has 51 heavy (non-hydrogen) atoms. The second-order valence-corrected chi connectivity index (χ2v) is 41.3. The van der Waals surface area contributed by atoms with E-state index in [-0.39, 0.29) is 18.1 Å². The van der Waals surface area contributed by atoms with Crippen LogP contribution in [0, 0.1) is 25.7 Å². The van der Waals surface area contributed by atoms with E-state index in [4.69, 9.17) is 17.0 Å². The van der Waals surface area contributed by atoms with E-state index in [1.54, 1.807) is 0 Å². The Morgan fingerprint density at radius 1 is 0.549 bits per heavy atom. The first-order chi connectivity index (χ1) is 23.7. The SMILES string of the molecule is C[CH2][Zr]([Cl])([Cl])([CH]1C(C(C)C)=Cc2c(-c3ccc(C(C)(C)C)cc3)ccc(C)c21)[CH]1C(C(C)C)=Cc2c(-c3ccc(C(C)(C)C)cc3)ccc(C)c21. The van der Waals surface area contributed by atoms with Crippen molar-refractivity contribution in [2.75, 3.05) is 0 Å². The summed E-state index contributed by atoms with van der Waals surface area (Å²) in [5, 5.41) is 0. The van der Waals surface area contributed by atoms with Gasteiger partial charge in [0.25, 0.3) is 0 Å². The molecule has 2 atom stereocenters. The van der Waals surface area contributed by atoms with Crippen molar-refractivity contribution in [2.45, 2.75) is 112 Å². The Labute approximate surface area is 318 Å². The number of hydrogen-bond acceptors (Lipinski definition) is 0. The molecular formula is C48H59Cl2Zr. The maximum absolute atomic E-state index is 8.70. The van der Waals surface area contributed by atoms with Crippen LogP contribution in [0.5, 0.6) is 0 Å². The molecule has 0 aliphatic heterocycles. The summed E-state index contributed by atoms with van der Waals surface area (Å²) in [4.78, 5) is 0. The van der Waals surface area contributed by atoms with E-state index < -0.39 is 16.4 Å². The summed E-state index contributed by atoms with van der Waals surface area (Å²) in [6, 6.07) is 27.7. The molecule has 2 aliphatic rings. The summed E-state index contributed by atoms with van der Waals surface area (Å²) < 4.78 is 0.854. The third-order valence-corrected chi connectivity index (χ3v) is 32.7. The second kappa shape index (κ2) is 13.3. The Morgan fingerprint density at radius 2 is 0.882 bits per heavy atom. The molecule has 0 fully saturated rings. The van der Waals surface area contributed by atoms with Gasteiger partial charge in [-0.25, -0.2) is 0 Å². The van der Waals surface area contributed by atoms with Crippen LogP contribution >= 0.6 is 17.0 Å². The summed E-state index contributed by atoms with van der Waals surface area (Å²) in [5.74, 6) is 0.631. The summed E-state index contributed by atoms with van der Waals surface area (Å²) >= 11 is -4.99. The molecule has 0 aromatic heterocycles. The van der Waals surface area contributed by atoms with Crippen LogP contribution in [0.15, 0.2) is 83.9 Å². The molecule has 0 amide bonds. The maximum atomic E-state index is 8.70. The molecule has 2 unspecified atom stereocenters. The fourth-order valence-corrected chi connectivity index (χ4v) is 27.6. The standard InChI is InChI=1S/2C23H27.C2H5.2ClH.Zr/c2*1-15(2)18-13-21-16(3)7-12-20(22(21)14-18)17-8-10-19(11-9-17)23(4,5)6;1-2;;;/h2*7-15H,1-6H3;1H2,2H3;2*1H;/q;;;;;+2/p-2. The predicted octanol–water partition coefficient (Wildman–Crippen LogP) is 15.6. The first kappa shape index (κ1) is 38.5. The molecule has 269 valence electrons. The Morgan fingerprint density at radius 3 is 1.16 bits per heavy atom. The zero-order valence-electron chi connectivity index (χ0n) is 33.4. The number of halogens is 2. The van der Waals surface area contributed by atoms with Crippen LogP contribution in [-0.4, -0.2) is 0 Å². The third-order valence-electron chi connectivity index (χ3n) is 12.2. The monoisotopic (exact) mass is 795 g/mol. The van der Waals surface area contributed by atoms with E-state index in [9.17, 15) is 0 Å².